The lowest BCUT2D eigenvalue weighted by molar-refractivity contribution is 0.0819. The molecule has 0 radical (unpaired) electrons. The van der Waals surface area contributed by atoms with Gasteiger partial charge in [-0.05, 0) is 24.9 Å². The van der Waals surface area contributed by atoms with Crippen LogP contribution in [0.2, 0.25) is 0 Å². The van der Waals surface area contributed by atoms with Crippen LogP contribution in [-0.4, -0.2) is 43.4 Å². The molecule has 1 unspecified atom stereocenters. The second-order valence-corrected chi connectivity index (χ2v) is 5.86. The fraction of sp³-hybridized carbons (Fsp3) is 0.562. The van der Waals surface area contributed by atoms with Crippen molar-refractivity contribution in [3.8, 4) is 0 Å². The van der Waals surface area contributed by atoms with E-state index in [9.17, 15) is 4.79 Å². The molecule has 0 amide bonds. The zero-order valence-corrected chi connectivity index (χ0v) is 12.1. The topological polar surface area (TPSA) is 32.3 Å². The molecule has 2 rings (SSSR count). The first kappa shape index (κ1) is 14.2. The van der Waals surface area contributed by atoms with E-state index in [1.54, 1.807) is 0 Å². The third-order valence-corrected chi connectivity index (χ3v) is 3.70. The van der Waals surface area contributed by atoms with E-state index in [-0.39, 0.29) is 11.8 Å². The van der Waals surface area contributed by atoms with Gasteiger partial charge in [0, 0.05) is 25.2 Å². The number of hydrogen-bond donors (Lipinski definition) is 1. The molecule has 1 saturated heterocycles. The third kappa shape index (κ3) is 3.64. The SMILES string of the molecule is CC(C)Cc1ccc(C(=O)C2CNCCN2C)cc1. The van der Waals surface area contributed by atoms with Gasteiger partial charge in [-0.1, -0.05) is 38.1 Å². The van der Waals surface area contributed by atoms with Crippen LogP contribution in [0.3, 0.4) is 0 Å². The molecular weight excluding hydrogens is 236 g/mol. The molecule has 19 heavy (non-hydrogen) atoms. The van der Waals surface area contributed by atoms with Crippen molar-refractivity contribution in [1.29, 1.82) is 0 Å². The van der Waals surface area contributed by atoms with Crippen LogP contribution in [0.1, 0.15) is 29.8 Å². The first-order chi connectivity index (χ1) is 9.08. The quantitative estimate of drug-likeness (QED) is 0.840. The number of ketones is 1. The summed E-state index contributed by atoms with van der Waals surface area (Å²) < 4.78 is 0. The van der Waals surface area contributed by atoms with Crippen molar-refractivity contribution in [2.75, 3.05) is 26.7 Å². The fourth-order valence-electron chi connectivity index (χ4n) is 2.57. The number of hydrogen-bond acceptors (Lipinski definition) is 3. The zero-order chi connectivity index (χ0) is 13.8. The summed E-state index contributed by atoms with van der Waals surface area (Å²) in [4.78, 5) is 14.6. The summed E-state index contributed by atoms with van der Waals surface area (Å²) in [7, 11) is 2.02. The van der Waals surface area contributed by atoms with Gasteiger partial charge in [-0.15, -0.1) is 0 Å². The summed E-state index contributed by atoms with van der Waals surface area (Å²) >= 11 is 0. The van der Waals surface area contributed by atoms with Gasteiger partial charge >= 0.3 is 0 Å². The molecule has 1 atom stereocenters. The van der Waals surface area contributed by atoms with Crippen molar-refractivity contribution in [2.24, 2.45) is 5.92 Å². The number of carbonyl (C=O) groups is 1. The minimum atomic E-state index is -0.0234. The Morgan fingerprint density at radius 2 is 2.05 bits per heavy atom. The second-order valence-electron chi connectivity index (χ2n) is 5.86. The van der Waals surface area contributed by atoms with Crippen molar-refractivity contribution in [3.63, 3.8) is 0 Å². The predicted octanol–water partition coefficient (Wildman–Crippen LogP) is 1.97. The van der Waals surface area contributed by atoms with Crippen LogP contribution in [0.4, 0.5) is 0 Å². The van der Waals surface area contributed by atoms with Gasteiger partial charge in [0.1, 0.15) is 0 Å². The normalized spacial score (nSPS) is 20.7. The first-order valence-electron chi connectivity index (χ1n) is 7.12. The minimum Gasteiger partial charge on any atom is -0.313 e. The number of benzene rings is 1. The Kier molecular flexibility index (Phi) is 4.72. The molecule has 1 aromatic rings. The highest BCUT2D eigenvalue weighted by Crippen LogP contribution is 2.13. The molecule has 0 aromatic heterocycles. The number of carbonyl (C=O) groups excluding carboxylic acids is 1. The van der Waals surface area contributed by atoms with Gasteiger partial charge in [0.25, 0.3) is 0 Å². The molecule has 0 aliphatic carbocycles. The Labute approximate surface area is 116 Å². The van der Waals surface area contributed by atoms with E-state index >= 15 is 0 Å². The molecule has 0 bridgehead atoms. The number of likely N-dealkylation sites (N-methyl/N-ethyl adjacent to an activating group) is 1. The van der Waals surface area contributed by atoms with E-state index < -0.39 is 0 Å². The largest absolute Gasteiger partial charge is 0.313 e. The van der Waals surface area contributed by atoms with Gasteiger partial charge in [0.15, 0.2) is 5.78 Å². The van der Waals surface area contributed by atoms with Crippen LogP contribution in [0.25, 0.3) is 0 Å². The maximum absolute atomic E-state index is 12.5. The molecule has 1 aromatic carbocycles. The maximum Gasteiger partial charge on any atom is 0.181 e. The first-order valence-corrected chi connectivity index (χ1v) is 7.12. The standard InChI is InChI=1S/C16H24N2O/c1-12(2)10-13-4-6-14(7-5-13)16(19)15-11-17-8-9-18(15)3/h4-7,12,15,17H,8-11H2,1-3H3. The van der Waals surface area contributed by atoms with Gasteiger partial charge in [-0.2, -0.15) is 0 Å². The lowest BCUT2D eigenvalue weighted by atomic mass is 9.97. The number of rotatable bonds is 4. The summed E-state index contributed by atoms with van der Waals surface area (Å²) in [6.07, 6.45) is 1.07. The van der Waals surface area contributed by atoms with E-state index in [2.05, 4.69) is 36.2 Å². The Hall–Kier alpha value is -1.19. The van der Waals surface area contributed by atoms with E-state index in [0.29, 0.717) is 5.92 Å². The van der Waals surface area contributed by atoms with Crippen molar-refractivity contribution >= 4 is 5.78 Å². The molecule has 3 heteroatoms. The van der Waals surface area contributed by atoms with Crippen LogP contribution in [0, 0.1) is 5.92 Å². The zero-order valence-electron chi connectivity index (χ0n) is 12.1. The third-order valence-electron chi connectivity index (χ3n) is 3.70. The summed E-state index contributed by atoms with van der Waals surface area (Å²) in [6, 6.07) is 8.10. The number of nitrogens with zero attached hydrogens (tertiary/aromatic N) is 1. The van der Waals surface area contributed by atoms with E-state index in [1.807, 2.05) is 19.2 Å². The van der Waals surface area contributed by atoms with Crippen LogP contribution >= 0.6 is 0 Å². The average Bonchev–Trinajstić information content (AvgIpc) is 2.39. The van der Waals surface area contributed by atoms with Crippen molar-refractivity contribution in [2.45, 2.75) is 26.3 Å². The van der Waals surface area contributed by atoms with Crippen molar-refractivity contribution in [3.05, 3.63) is 35.4 Å². The summed E-state index contributed by atoms with van der Waals surface area (Å²) in [6.45, 7) is 7.07. The fourth-order valence-corrected chi connectivity index (χ4v) is 2.57. The molecule has 1 N–H and O–H groups in total. The average molecular weight is 260 g/mol. The maximum atomic E-state index is 12.5. The lowest BCUT2D eigenvalue weighted by Crippen LogP contribution is -2.53. The Bertz CT molecular complexity index is 425. The Morgan fingerprint density at radius 1 is 1.37 bits per heavy atom. The van der Waals surface area contributed by atoms with E-state index in [1.165, 1.54) is 5.56 Å². The van der Waals surface area contributed by atoms with Gasteiger partial charge in [0.2, 0.25) is 0 Å². The molecule has 1 aliphatic rings. The van der Waals surface area contributed by atoms with E-state index in [0.717, 1.165) is 31.6 Å². The smallest absolute Gasteiger partial charge is 0.181 e. The molecular formula is C16H24N2O. The number of Topliss-reactive ketones (excluding diaryl/α,β-unsaturated/α-hetero) is 1. The summed E-state index contributed by atoms with van der Waals surface area (Å²) in [5, 5.41) is 3.29. The van der Waals surface area contributed by atoms with Crippen LogP contribution in [-0.2, 0) is 6.42 Å². The van der Waals surface area contributed by atoms with Gasteiger partial charge in [-0.3, -0.25) is 9.69 Å². The molecule has 0 spiro atoms. The van der Waals surface area contributed by atoms with Crippen LogP contribution < -0.4 is 5.32 Å². The van der Waals surface area contributed by atoms with Crippen molar-refractivity contribution in [1.82, 2.24) is 10.2 Å². The minimum absolute atomic E-state index is 0.0234. The Morgan fingerprint density at radius 3 is 2.63 bits per heavy atom. The highest BCUT2D eigenvalue weighted by Gasteiger charge is 2.26. The van der Waals surface area contributed by atoms with Gasteiger partial charge in [-0.25, -0.2) is 0 Å². The second kappa shape index (κ2) is 6.31. The highest BCUT2D eigenvalue weighted by molar-refractivity contribution is 6.00. The molecule has 1 aliphatic heterocycles. The monoisotopic (exact) mass is 260 g/mol. The summed E-state index contributed by atoms with van der Waals surface area (Å²) in [5.74, 6) is 0.876. The van der Waals surface area contributed by atoms with Crippen molar-refractivity contribution < 1.29 is 4.79 Å². The van der Waals surface area contributed by atoms with E-state index in [4.69, 9.17) is 0 Å². The number of piperazine rings is 1. The molecule has 104 valence electrons. The summed E-state index contributed by atoms with van der Waals surface area (Å²) in [5.41, 5.74) is 2.13. The molecule has 1 heterocycles. The van der Waals surface area contributed by atoms with Crippen LogP contribution in [0.5, 0.6) is 0 Å². The van der Waals surface area contributed by atoms with Gasteiger partial charge < -0.3 is 5.32 Å². The van der Waals surface area contributed by atoms with Crippen LogP contribution in [0.15, 0.2) is 24.3 Å². The molecule has 0 saturated carbocycles. The Balaban J connectivity index is 2.06. The number of nitrogens with one attached hydrogen (secondary N) is 1. The lowest BCUT2D eigenvalue weighted by Gasteiger charge is -2.31. The molecule has 1 fully saturated rings. The molecule has 3 nitrogen and oxygen atoms in total. The van der Waals surface area contributed by atoms with Gasteiger partial charge in [0.05, 0.1) is 6.04 Å². The highest BCUT2D eigenvalue weighted by atomic mass is 16.1. The predicted molar refractivity (Wildman–Crippen MR) is 78.6 cm³/mol.